The number of hydrogen-bond donors (Lipinski definition) is 1. The molecule has 1 saturated heterocycles. The Balaban J connectivity index is 1.27. The number of benzene rings is 1. The normalized spacial score (nSPS) is 14.5. The van der Waals surface area contributed by atoms with Crippen LogP contribution in [0.5, 0.6) is 0 Å². The van der Waals surface area contributed by atoms with E-state index in [4.69, 9.17) is 9.51 Å². The maximum atomic E-state index is 13.5. The predicted octanol–water partition coefficient (Wildman–Crippen LogP) is 3.66. The Morgan fingerprint density at radius 1 is 1.09 bits per heavy atom. The number of carbonyl (C=O) groups is 2. The van der Waals surface area contributed by atoms with Crippen LogP contribution in [0, 0.1) is 6.92 Å². The summed E-state index contributed by atoms with van der Waals surface area (Å²) in [6.07, 6.45) is 0. The first-order valence-corrected chi connectivity index (χ1v) is 11.6. The van der Waals surface area contributed by atoms with Gasteiger partial charge in [0.1, 0.15) is 5.76 Å². The van der Waals surface area contributed by atoms with Crippen LogP contribution in [0.25, 0.3) is 21.5 Å². The number of pyridine rings is 1. The molecule has 1 aliphatic heterocycles. The van der Waals surface area contributed by atoms with Gasteiger partial charge in [-0.25, -0.2) is 4.98 Å². The zero-order chi connectivity index (χ0) is 22.8. The van der Waals surface area contributed by atoms with E-state index >= 15 is 0 Å². The van der Waals surface area contributed by atoms with Crippen LogP contribution in [0.4, 0.5) is 5.82 Å². The lowest BCUT2D eigenvalue weighted by molar-refractivity contribution is -0.117. The van der Waals surface area contributed by atoms with Gasteiger partial charge in [0.25, 0.3) is 5.91 Å². The van der Waals surface area contributed by atoms with Crippen LogP contribution in [-0.4, -0.2) is 64.5 Å². The Bertz CT molecular complexity index is 1290. The van der Waals surface area contributed by atoms with Crippen molar-refractivity contribution in [2.45, 2.75) is 6.92 Å². The van der Waals surface area contributed by atoms with Crippen LogP contribution in [0.2, 0.25) is 0 Å². The standard InChI is InChI=1S/C24H23N5O3S/c1-16-13-22(27-32-16)26-23(30)15-28-8-10-29(11-9-28)24(31)18-14-20(21-7-4-12-33-21)25-19-6-3-2-5-17(18)19/h2-7,12-14H,8-11,15H2,1H3,(H,26,27,30). The van der Waals surface area contributed by atoms with Gasteiger partial charge in [-0.2, -0.15) is 0 Å². The Morgan fingerprint density at radius 3 is 2.64 bits per heavy atom. The van der Waals surface area contributed by atoms with E-state index in [0.717, 1.165) is 21.5 Å². The van der Waals surface area contributed by atoms with Gasteiger partial charge in [-0.1, -0.05) is 29.4 Å². The molecule has 4 aromatic rings. The maximum absolute atomic E-state index is 13.5. The second kappa shape index (κ2) is 9.13. The third-order valence-corrected chi connectivity index (χ3v) is 6.53. The zero-order valence-corrected chi connectivity index (χ0v) is 19.0. The first kappa shape index (κ1) is 21.3. The molecule has 0 spiro atoms. The Hall–Kier alpha value is -3.56. The number of para-hydroxylation sites is 1. The number of piperazine rings is 1. The van der Waals surface area contributed by atoms with Crippen molar-refractivity contribution in [3.63, 3.8) is 0 Å². The van der Waals surface area contributed by atoms with Crippen LogP contribution in [-0.2, 0) is 4.79 Å². The average molecular weight is 462 g/mol. The fourth-order valence-electron chi connectivity index (χ4n) is 3.99. The number of anilines is 1. The summed E-state index contributed by atoms with van der Waals surface area (Å²) in [5.74, 6) is 0.901. The summed E-state index contributed by atoms with van der Waals surface area (Å²) in [4.78, 5) is 35.5. The lowest BCUT2D eigenvalue weighted by Crippen LogP contribution is -2.50. The summed E-state index contributed by atoms with van der Waals surface area (Å²) >= 11 is 1.61. The fraction of sp³-hybridized carbons (Fsp3) is 0.250. The first-order chi connectivity index (χ1) is 16.1. The fourth-order valence-corrected chi connectivity index (χ4v) is 4.68. The van der Waals surface area contributed by atoms with E-state index in [2.05, 4.69) is 10.5 Å². The van der Waals surface area contributed by atoms with Gasteiger partial charge in [-0.3, -0.25) is 14.5 Å². The maximum Gasteiger partial charge on any atom is 0.254 e. The topological polar surface area (TPSA) is 91.6 Å². The number of nitrogens with one attached hydrogen (secondary N) is 1. The van der Waals surface area contributed by atoms with Crippen LogP contribution >= 0.6 is 11.3 Å². The summed E-state index contributed by atoms with van der Waals surface area (Å²) in [5.41, 5.74) is 2.28. The molecular formula is C24H23N5O3S. The van der Waals surface area contributed by atoms with Crippen molar-refractivity contribution >= 4 is 39.9 Å². The Morgan fingerprint density at radius 2 is 1.91 bits per heavy atom. The minimum atomic E-state index is -0.149. The molecule has 0 unspecified atom stereocenters. The van der Waals surface area contributed by atoms with Gasteiger partial charge in [0, 0.05) is 37.6 Å². The molecular weight excluding hydrogens is 438 g/mol. The number of fused-ring (bicyclic) bond motifs is 1. The van der Waals surface area contributed by atoms with Crippen LogP contribution in [0.1, 0.15) is 16.1 Å². The van der Waals surface area contributed by atoms with E-state index in [1.807, 2.05) is 57.6 Å². The van der Waals surface area contributed by atoms with Gasteiger partial charge in [0.2, 0.25) is 5.91 Å². The van der Waals surface area contributed by atoms with Crippen LogP contribution < -0.4 is 5.32 Å². The van der Waals surface area contributed by atoms with Crippen molar-refractivity contribution in [3.8, 4) is 10.6 Å². The second-order valence-corrected chi connectivity index (χ2v) is 8.94. The number of rotatable bonds is 5. The smallest absolute Gasteiger partial charge is 0.254 e. The van der Waals surface area contributed by atoms with Gasteiger partial charge in [-0.15, -0.1) is 11.3 Å². The lowest BCUT2D eigenvalue weighted by atomic mass is 10.1. The third-order valence-electron chi connectivity index (χ3n) is 5.64. The van der Waals surface area contributed by atoms with Crippen molar-refractivity contribution < 1.29 is 14.1 Å². The molecule has 9 heteroatoms. The minimum Gasteiger partial charge on any atom is -0.360 e. The number of carbonyl (C=O) groups excluding carboxylic acids is 2. The highest BCUT2D eigenvalue weighted by atomic mass is 32.1. The second-order valence-electron chi connectivity index (χ2n) is 7.99. The van der Waals surface area contributed by atoms with E-state index in [1.54, 1.807) is 24.3 Å². The quantitative estimate of drug-likeness (QED) is 0.488. The van der Waals surface area contributed by atoms with Crippen molar-refractivity contribution in [2.24, 2.45) is 0 Å². The molecule has 0 atom stereocenters. The summed E-state index contributed by atoms with van der Waals surface area (Å²) in [7, 11) is 0. The van der Waals surface area contributed by atoms with Gasteiger partial charge in [-0.05, 0) is 30.5 Å². The summed E-state index contributed by atoms with van der Waals surface area (Å²) < 4.78 is 4.97. The largest absolute Gasteiger partial charge is 0.360 e. The van der Waals surface area contributed by atoms with Crippen molar-refractivity contribution in [3.05, 3.63) is 65.2 Å². The monoisotopic (exact) mass is 461 g/mol. The summed E-state index contributed by atoms with van der Waals surface area (Å²) in [6, 6.07) is 15.3. The number of aromatic nitrogens is 2. The molecule has 5 rings (SSSR count). The van der Waals surface area contributed by atoms with E-state index in [0.29, 0.717) is 43.3 Å². The van der Waals surface area contributed by atoms with Gasteiger partial charge < -0.3 is 14.7 Å². The third kappa shape index (κ3) is 4.64. The molecule has 3 aromatic heterocycles. The predicted molar refractivity (Wildman–Crippen MR) is 127 cm³/mol. The van der Waals surface area contributed by atoms with Crippen molar-refractivity contribution in [1.82, 2.24) is 19.9 Å². The number of thiophene rings is 1. The van der Waals surface area contributed by atoms with Gasteiger partial charge >= 0.3 is 0 Å². The number of hydrogen-bond acceptors (Lipinski definition) is 7. The molecule has 0 saturated carbocycles. The van der Waals surface area contributed by atoms with E-state index in [1.165, 1.54) is 0 Å². The molecule has 2 amide bonds. The zero-order valence-electron chi connectivity index (χ0n) is 18.2. The molecule has 8 nitrogen and oxygen atoms in total. The number of aryl methyl sites for hydroxylation is 1. The minimum absolute atomic E-state index is 0.00594. The molecule has 33 heavy (non-hydrogen) atoms. The van der Waals surface area contributed by atoms with Crippen LogP contribution in [0.15, 0.2) is 58.4 Å². The van der Waals surface area contributed by atoms with E-state index in [-0.39, 0.29) is 18.4 Å². The highest BCUT2D eigenvalue weighted by molar-refractivity contribution is 7.13. The van der Waals surface area contributed by atoms with Gasteiger partial charge in [0.05, 0.1) is 28.2 Å². The first-order valence-electron chi connectivity index (χ1n) is 10.8. The Labute approximate surface area is 194 Å². The molecule has 1 fully saturated rings. The molecule has 0 radical (unpaired) electrons. The molecule has 4 heterocycles. The highest BCUT2D eigenvalue weighted by Gasteiger charge is 2.25. The van der Waals surface area contributed by atoms with Crippen molar-refractivity contribution in [1.29, 1.82) is 0 Å². The lowest BCUT2D eigenvalue weighted by Gasteiger charge is -2.34. The molecule has 0 aliphatic carbocycles. The summed E-state index contributed by atoms with van der Waals surface area (Å²) in [6.45, 7) is 4.37. The molecule has 0 bridgehead atoms. The molecule has 1 N–H and O–H groups in total. The summed E-state index contributed by atoms with van der Waals surface area (Å²) in [5, 5.41) is 9.38. The number of nitrogens with zero attached hydrogens (tertiary/aromatic N) is 4. The average Bonchev–Trinajstić information content (AvgIpc) is 3.50. The molecule has 168 valence electrons. The van der Waals surface area contributed by atoms with Crippen molar-refractivity contribution in [2.75, 3.05) is 38.0 Å². The van der Waals surface area contributed by atoms with Gasteiger partial charge in [0.15, 0.2) is 5.82 Å². The molecule has 1 aliphatic rings. The van der Waals surface area contributed by atoms with Crippen LogP contribution in [0.3, 0.4) is 0 Å². The SMILES string of the molecule is Cc1cc(NC(=O)CN2CCN(C(=O)c3cc(-c4cccs4)nc4ccccc34)CC2)no1. The van der Waals surface area contributed by atoms with E-state index in [9.17, 15) is 9.59 Å². The molecule has 1 aromatic carbocycles. The Kier molecular flexibility index (Phi) is 5.89. The number of amides is 2. The highest BCUT2D eigenvalue weighted by Crippen LogP contribution is 2.28. The van der Waals surface area contributed by atoms with E-state index < -0.39 is 0 Å².